The summed E-state index contributed by atoms with van der Waals surface area (Å²) in [6.07, 6.45) is 7.57. The van der Waals surface area contributed by atoms with Crippen LogP contribution in [0.1, 0.15) is 44.7 Å². The lowest BCUT2D eigenvalue weighted by atomic mass is 9.77. The fourth-order valence-corrected chi connectivity index (χ4v) is 7.28. The molecule has 4 aromatic carbocycles. The molecule has 2 aliphatic carbocycles. The number of anilines is 1. The van der Waals surface area contributed by atoms with E-state index in [1.165, 1.54) is 65.1 Å². The molecule has 0 amide bonds. The Hall–Kier alpha value is -3.45. The highest BCUT2D eigenvalue weighted by atomic mass is 79.9. The van der Waals surface area contributed by atoms with Crippen molar-refractivity contribution in [2.75, 3.05) is 31.1 Å². The van der Waals surface area contributed by atoms with Crippen LogP contribution in [0.15, 0.2) is 82.9 Å². The summed E-state index contributed by atoms with van der Waals surface area (Å²) in [5.74, 6) is 0. The van der Waals surface area contributed by atoms with E-state index < -0.39 is 0 Å². The maximum Gasteiger partial charge on any atom is 0.293 e. The molecule has 5 nitrogen and oxygen atoms in total. The Labute approximate surface area is 262 Å². The zero-order valence-electron chi connectivity index (χ0n) is 25.3. The normalized spacial score (nSPS) is 18.2. The van der Waals surface area contributed by atoms with Gasteiger partial charge in [0.15, 0.2) is 0 Å². The van der Waals surface area contributed by atoms with E-state index in [-0.39, 0.29) is 11.6 Å². The molecule has 0 bridgehead atoms. The van der Waals surface area contributed by atoms with Crippen molar-refractivity contribution in [3.63, 3.8) is 0 Å². The van der Waals surface area contributed by atoms with Gasteiger partial charge in [0.2, 0.25) is 0 Å². The minimum atomic E-state index is -0.318. The van der Waals surface area contributed by atoms with Crippen LogP contribution in [-0.2, 0) is 16.0 Å². The summed E-state index contributed by atoms with van der Waals surface area (Å²) in [6.45, 7) is 10.0. The number of benzene rings is 4. The number of nitrogens with two attached hydrogens (primary N) is 1. The fourth-order valence-electron chi connectivity index (χ4n) is 6.69. The maximum atomic E-state index is 9.60. The number of carbonyl (C=O) groups excluding carboxylic acids is 1. The Morgan fingerprint density at radius 1 is 0.930 bits per heavy atom. The summed E-state index contributed by atoms with van der Waals surface area (Å²) >= 11 is 3.94. The molecule has 1 aliphatic heterocycles. The number of fused-ring (bicyclic) bond motifs is 5. The average Bonchev–Trinajstić information content (AvgIpc) is 3.00. The number of rotatable bonds is 3. The molecule has 4 aromatic rings. The minimum absolute atomic E-state index is 0.155. The van der Waals surface area contributed by atoms with Crippen LogP contribution in [0.4, 0.5) is 5.69 Å². The predicted molar refractivity (Wildman–Crippen MR) is 184 cm³/mol. The molecule has 3 aliphatic rings. The lowest BCUT2D eigenvalue weighted by molar-refractivity contribution is -0.138. The second-order valence-electron chi connectivity index (χ2n) is 12.5. The standard InChI is InChI=1S/C32H30BrN3.C5H10O2/c33-29-15-14-24(27-12-10-23-22-6-3-7-30(34)25(22)11-13-26(23)31(27)29)28-9-8-20-4-1-2-5-21(20)32(28)36-18-16-35-17-19-36;1-5(2,3)7-4-6/h1-6,8-10,12,14-15,30,35H,7,11,13,16-19,34H2;4H,1-3H3. The third-order valence-electron chi connectivity index (χ3n) is 8.67. The van der Waals surface area contributed by atoms with Gasteiger partial charge in [0.25, 0.3) is 6.47 Å². The van der Waals surface area contributed by atoms with Crippen LogP contribution in [0.25, 0.3) is 38.2 Å². The summed E-state index contributed by atoms with van der Waals surface area (Å²) in [5.41, 5.74) is 15.7. The molecule has 1 heterocycles. The first-order valence-electron chi connectivity index (χ1n) is 15.3. The van der Waals surface area contributed by atoms with Gasteiger partial charge in [-0.1, -0.05) is 82.7 Å². The highest BCUT2D eigenvalue weighted by Crippen LogP contribution is 2.46. The van der Waals surface area contributed by atoms with Crippen molar-refractivity contribution in [3.05, 3.63) is 94.0 Å². The van der Waals surface area contributed by atoms with Gasteiger partial charge >= 0.3 is 0 Å². The number of aryl methyl sites for hydroxylation is 1. The summed E-state index contributed by atoms with van der Waals surface area (Å²) in [7, 11) is 0. The van der Waals surface area contributed by atoms with E-state index in [2.05, 4.69) is 104 Å². The van der Waals surface area contributed by atoms with Crippen LogP contribution in [0.5, 0.6) is 0 Å². The van der Waals surface area contributed by atoms with Gasteiger partial charge in [-0.05, 0) is 84.7 Å². The molecule has 0 spiro atoms. The van der Waals surface area contributed by atoms with Crippen LogP contribution in [-0.4, -0.2) is 44.3 Å². The zero-order valence-corrected chi connectivity index (χ0v) is 26.8. The second-order valence-corrected chi connectivity index (χ2v) is 13.4. The molecule has 3 N–H and O–H groups in total. The third-order valence-corrected chi connectivity index (χ3v) is 9.33. The zero-order chi connectivity index (χ0) is 30.1. The Morgan fingerprint density at radius 2 is 1.67 bits per heavy atom. The number of carbonyl (C=O) groups is 1. The van der Waals surface area contributed by atoms with Crippen molar-refractivity contribution >= 4 is 55.2 Å². The van der Waals surface area contributed by atoms with E-state index in [1.807, 2.05) is 20.8 Å². The molecule has 43 heavy (non-hydrogen) atoms. The highest BCUT2D eigenvalue weighted by molar-refractivity contribution is 9.10. The van der Waals surface area contributed by atoms with E-state index in [9.17, 15) is 4.79 Å². The largest absolute Gasteiger partial charge is 0.462 e. The van der Waals surface area contributed by atoms with Gasteiger partial charge in [-0.25, -0.2) is 0 Å². The lowest BCUT2D eigenvalue weighted by Gasteiger charge is -2.33. The van der Waals surface area contributed by atoms with E-state index in [0.29, 0.717) is 6.47 Å². The van der Waals surface area contributed by atoms with Crippen LogP contribution in [0.2, 0.25) is 0 Å². The topological polar surface area (TPSA) is 67.6 Å². The molecular weight excluding hydrogens is 598 g/mol. The number of halogens is 1. The molecule has 1 atom stereocenters. The van der Waals surface area contributed by atoms with Crippen molar-refractivity contribution in [2.45, 2.75) is 51.7 Å². The molecule has 6 heteroatoms. The first-order valence-corrected chi connectivity index (χ1v) is 16.0. The smallest absolute Gasteiger partial charge is 0.293 e. The van der Waals surface area contributed by atoms with Gasteiger partial charge in [0, 0.05) is 53.0 Å². The maximum absolute atomic E-state index is 9.60. The SMILES string of the molecule is CC(C)(C)OC=O.NC1CC=CC2=C1CCc1c2ccc2c(-c3ccc4ccccc4c3N3CCNCC3)ccc(Br)c12. The first-order chi connectivity index (χ1) is 20.8. The van der Waals surface area contributed by atoms with Gasteiger partial charge in [0.1, 0.15) is 5.60 Å². The third kappa shape index (κ3) is 5.88. The van der Waals surface area contributed by atoms with Gasteiger partial charge in [0.05, 0.1) is 5.69 Å². The summed E-state index contributed by atoms with van der Waals surface area (Å²) in [4.78, 5) is 12.2. The number of ether oxygens (including phenoxy) is 1. The van der Waals surface area contributed by atoms with Gasteiger partial charge in [-0.2, -0.15) is 0 Å². The van der Waals surface area contributed by atoms with Crippen molar-refractivity contribution in [1.82, 2.24) is 5.32 Å². The number of allylic oxidation sites excluding steroid dienone is 2. The van der Waals surface area contributed by atoms with Crippen LogP contribution in [0.3, 0.4) is 0 Å². The summed E-state index contributed by atoms with van der Waals surface area (Å²) in [6, 6.07) is 22.8. The van der Waals surface area contributed by atoms with Crippen molar-refractivity contribution in [3.8, 4) is 11.1 Å². The molecule has 222 valence electrons. The average molecular weight is 639 g/mol. The van der Waals surface area contributed by atoms with Gasteiger partial charge < -0.3 is 20.7 Å². The van der Waals surface area contributed by atoms with E-state index in [1.54, 1.807) is 0 Å². The molecule has 0 saturated carbocycles. The molecule has 0 aromatic heterocycles. The molecule has 1 saturated heterocycles. The molecule has 7 rings (SSSR count). The number of nitrogens with zero attached hydrogens (tertiary/aromatic N) is 1. The molecule has 1 unspecified atom stereocenters. The van der Waals surface area contributed by atoms with Crippen molar-refractivity contribution in [1.29, 1.82) is 0 Å². The Kier molecular flexibility index (Phi) is 8.45. The lowest BCUT2D eigenvalue weighted by Crippen LogP contribution is -2.43. The number of piperazine rings is 1. The quantitative estimate of drug-likeness (QED) is 0.225. The van der Waals surface area contributed by atoms with Crippen LogP contribution in [0, 0.1) is 0 Å². The monoisotopic (exact) mass is 637 g/mol. The first kappa shape index (κ1) is 29.6. The summed E-state index contributed by atoms with van der Waals surface area (Å²) < 4.78 is 5.73. The predicted octanol–water partition coefficient (Wildman–Crippen LogP) is 7.78. The number of hydrogen-bond donors (Lipinski definition) is 2. The number of nitrogens with one attached hydrogen (secondary N) is 1. The fraction of sp³-hybridized carbons (Fsp3) is 0.324. The molecule has 0 radical (unpaired) electrons. The van der Waals surface area contributed by atoms with Gasteiger partial charge in [-0.15, -0.1) is 0 Å². The van der Waals surface area contributed by atoms with Crippen molar-refractivity contribution < 1.29 is 9.53 Å². The van der Waals surface area contributed by atoms with E-state index in [0.717, 1.165) is 45.4 Å². The Bertz CT molecular complexity index is 1740. The molecular formula is C37H40BrN3O2. The van der Waals surface area contributed by atoms with Crippen LogP contribution < -0.4 is 16.0 Å². The van der Waals surface area contributed by atoms with Crippen molar-refractivity contribution in [2.24, 2.45) is 5.73 Å². The van der Waals surface area contributed by atoms with E-state index >= 15 is 0 Å². The molecule has 1 fully saturated rings. The highest BCUT2D eigenvalue weighted by Gasteiger charge is 2.27. The Balaban J connectivity index is 0.000000423. The van der Waals surface area contributed by atoms with Gasteiger partial charge in [-0.3, -0.25) is 4.79 Å². The Morgan fingerprint density at radius 3 is 2.42 bits per heavy atom. The number of hydrogen-bond acceptors (Lipinski definition) is 5. The van der Waals surface area contributed by atoms with Crippen LogP contribution >= 0.6 is 15.9 Å². The minimum Gasteiger partial charge on any atom is -0.462 e. The van der Waals surface area contributed by atoms with E-state index in [4.69, 9.17) is 5.73 Å². The second kappa shape index (κ2) is 12.3. The summed E-state index contributed by atoms with van der Waals surface area (Å²) in [5, 5.41) is 8.83.